The van der Waals surface area contributed by atoms with Gasteiger partial charge in [-0.2, -0.15) is 5.10 Å². The van der Waals surface area contributed by atoms with Crippen LogP contribution in [0.5, 0.6) is 0 Å². The summed E-state index contributed by atoms with van der Waals surface area (Å²) in [6.45, 7) is 4.71. The number of nitrogens with zero attached hydrogens (tertiary/aromatic N) is 5. The van der Waals surface area contributed by atoms with Gasteiger partial charge in [0, 0.05) is 37.8 Å². The van der Waals surface area contributed by atoms with Crippen LogP contribution >= 0.6 is 0 Å². The Balaban J connectivity index is 1.68. The summed E-state index contributed by atoms with van der Waals surface area (Å²) in [5.74, 6) is 2.43. The van der Waals surface area contributed by atoms with E-state index < -0.39 is 0 Å². The van der Waals surface area contributed by atoms with Gasteiger partial charge in [-0.15, -0.1) is 10.2 Å². The molecule has 2 aliphatic heterocycles. The van der Waals surface area contributed by atoms with Gasteiger partial charge in [0.15, 0.2) is 5.82 Å². The zero-order valence-corrected chi connectivity index (χ0v) is 12.4. The number of fused-ring (bicyclic) bond motifs is 1. The molecule has 0 amide bonds. The van der Waals surface area contributed by atoms with Crippen LogP contribution in [0.1, 0.15) is 42.5 Å². The molecule has 3 atom stereocenters. The second-order valence-electron chi connectivity index (χ2n) is 5.98. The van der Waals surface area contributed by atoms with Crippen molar-refractivity contribution in [2.24, 2.45) is 7.05 Å². The van der Waals surface area contributed by atoms with Crippen molar-refractivity contribution in [2.75, 3.05) is 13.2 Å². The lowest BCUT2D eigenvalue weighted by atomic mass is 10.0. The topological polar surface area (TPSA) is 69.8 Å². The van der Waals surface area contributed by atoms with Gasteiger partial charge in [-0.1, -0.05) is 0 Å². The number of aromatic nitrogens is 5. The SMILES string of the molecule is CC1CC(c2nnc3n2CCNC3c2cnn(C)c2)CO1. The largest absolute Gasteiger partial charge is 0.378 e. The van der Waals surface area contributed by atoms with Crippen molar-refractivity contribution in [1.29, 1.82) is 0 Å². The highest BCUT2D eigenvalue weighted by Crippen LogP contribution is 2.31. The Morgan fingerprint density at radius 1 is 1.33 bits per heavy atom. The predicted octanol–water partition coefficient (Wildman–Crippen LogP) is 0.597. The number of rotatable bonds is 2. The lowest BCUT2D eigenvalue weighted by Gasteiger charge is -2.25. The first kappa shape index (κ1) is 13.0. The standard InChI is InChI=1S/C14H20N6O/c1-9-5-10(8-21-9)13-17-18-14-12(15-3-4-20(13)14)11-6-16-19(2)7-11/h6-7,9-10,12,15H,3-5,8H2,1-2H3. The average Bonchev–Trinajstić information content (AvgIpc) is 3.17. The molecule has 4 heterocycles. The van der Waals surface area contributed by atoms with E-state index in [1.807, 2.05) is 24.1 Å². The van der Waals surface area contributed by atoms with Gasteiger partial charge >= 0.3 is 0 Å². The second kappa shape index (κ2) is 4.92. The lowest BCUT2D eigenvalue weighted by molar-refractivity contribution is 0.123. The van der Waals surface area contributed by atoms with Gasteiger partial charge in [0.05, 0.1) is 24.9 Å². The molecule has 21 heavy (non-hydrogen) atoms. The third-order valence-corrected chi connectivity index (χ3v) is 4.37. The van der Waals surface area contributed by atoms with Crippen LogP contribution in [0.4, 0.5) is 0 Å². The van der Waals surface area contributed by atoms with E-state index in [1.54, 1.807) is 0 Å². The molecule has 1 saturated heterocycles. The summed E-state index contributed by atoms with van der Waals surface area (Å²) in [6.07, 6.45) is 5.27. The predicted molar refractivity (Wildman–Crippen MR) is 75.8 cm³/mol. The molecule has 2 aliphatic rings. The molecule has 1 N–H and O–H groups in total. The summed E-state index contributed by atoms with van der Waals surface area (Å²) in [4.78, 5) is 0. The van der Waals surface area contributed by atoms with Crippen molar-refractivity contribution in [3.63, 3.8) is 0 Å². The molecule has 0 aromatic carbocycles. The van der Waals surface area contributed by atoms with Crippen molar-refractivity contribution in [3.05, 3.63) is 29.6 Å². The molecule has 0 spiro atoms. The van der Waals surface area contributed by atoms with Crippen LogP contribution in [0.15, 0.2) is 12.4 Å². The molecule has 0 saturated carbocycles. The molecule has 112 valence electrons. The van der Waals surface area contributed by atoms with E-state index >= 15 is 0 Å². The maximum Gasteiger partial charge on any atom is 0.154 e. The fourth-order valence-electron chi connectivity index (χ4n) is 3.34. The average molecular weight is 288 g/mol. The van der Waals surface area contributed by atoms with Crippen molar-refractivity contribution >= 4 is 0 Å². The fraction of sp³-hybridized carbons (Fsp3) is 0.643. The zero-order valence-electron chi connectivity index (χ0n) is 12.4. The Morgan fingerprint density at radius 2 is 2.19 bits per heavy atom. The maximum atomic E-state index is 5.68. The van der Waals surface area contributed by atoms with Crippen LogP contribution in [0.25, 0.3) is 0 Å². The summed E-state index contributed by atoms with van der Waals surface area (Å²) in [7, 11) is 1.93. The molecular weight excluding hydrogens is 268 g/mol. The molecule has 1 fully saturated rings. The van der Waals surface area contributed by atoms with E-state index in [4.69, 9.17) is 4.74 Å². The van der Waals surface area contributed by atoms with Gasteiger partial charge in [0.1, 0.15) is 5.82 Å². The highest BCUT2D eigenvalue weighted by atomic mass is 16.5. The lowest BCUT2D eigenvalue weighted by Crippen LogP contribution is -2.35. The first-order valence-corrected chi connectivity index (χ1v) is 7.49. The molecule has 0 aliphatic carbocycles. The number of aryl methyl sites for hydroxylation is 1. The number of nitrogens with one attached hydrogen (secondary N) is 1. The highest BCUT2D eigenvalue weighted by Gasteiger charge is 2.33. The third-order valence-electron chi connectivity index (χ3n) is 4.37. The summed E-state index contributed by atoms with van der Waals surface area (Å²) < 4.78 is 9.77. The van der Waals surface area contributed by atoms with Gasteiger partial charge < -0.3 is 14.6 Å². The Bertz CT molecular complexity index is 648. The normalized spacial score (nSPS) is 28.8. The first-order chi connectivity index (χ1) is 10.2. The Labute approximate surface area is 123 Å². The molecule has 0 radical (unpaired) electrons. The highest BCUT2D eigenvalue weighted by molar-refractivity contribution is 5.22. The van der Waals surface area contributed by atoms with E-state index in [1.165, 1.54) is 0 Å². The van der Waals surface area contributed by atoms with Crippen molar-refractivity contribution < 1.29 is 4.74 Å². The molecule has 3 unspecified atom stereocenters. The Kier molecular flexibility index (Phi) is 3.04. The Hall–Kier alpha value is -1.73. The summed E-state index contributed by atoms with van der Waals surface area (Å²) in [5, 5.41) is 16.7. The molecule has 0 bridgehead atoms. The van der Waals surface area contributed by atoms with E-state index in [9.17, 15) is 0 Å². The van der Waals surface area contributed by atoms with Crippen molar-refractivity contribution in [2.45, 2.75) is 38.0 Å². The van der Waals surface area contributed by atoms with Gasteiger partial charge in [0.25, 0.3) is 0 Å². The van der Waals surface area contributed by atoms with Gasteiger partial charge in [-0.3, -0.25) is 4.68 Å². The third kappa shape index (κ3) is 2.16. The van der Waals surface area contributed by atoms with Crippen molar-refractivity contribution in [3.8, 4) is 0 Å². The van der Waals surface area contributed by atoms with Crippen LogP contribution in [0.3, 0.4) is 0 Å². The van der Waals surface area contributed by atoms with E-state index in [2.05, 4.69) is 32.1 Å². The van der Waals surface area contributed by atoms with Crippen LogP contribution in [0, 0.1) is 0 Å². The smallest absolute Gasteiger partial charge is 0.154 e. The van der Waals surface area contributed by atoms with Crippen LogP contribution in [-0.4, -0.2) is 43.8 Å². The summed E-state index contributed by atoms with van der Waals surface area (Å²) in [5.41, 5.74) is 1.13. The van der Waals surface area contributed by atoms with Crippen LogP contribution in [-0.2, 0) is 18.3 Å². The molecule has 4 rings (SSSR count). The van der Waals surface area contributed by atoms with Crippen LogP contribution in [0.2, 0.25) is 0 Å². The Morgan fingerprint density at radius 3 is 2.90 bits per heavy atom. The summed E-state index contributed by atoms with van der Waals surface area (Å²) in [6, 6.07) is 0.0773. The van der Waals surface area contributed by atoms with Gasteiger partial charge in [-0.05, 0) is 13.3 Å². The molecule has 7 heteroatoms. The quantitative estimate of drug-likeness (QED) is 0.876. The second-order valence-corrected chi connectivity index (χ2v) is 5.98. The van der Waals surface area contributed by atoms with Crippen molar-refractivity contribution in [1.82, 2.24) is 29.9 Å². The molecule has 7 nitrogen and oxygen atoms in total. The minimum atomic E-state index is 0.0773. The van der Waals surface area contributed by atoms with E-state index in [0.29, 0.717) is 12.0 Å². The minimum Gasteiger partial charge on any atom is -0.378 e. The monoisotopic (exact) mass is 288 g/mol. The minimum absolute atomic E-state index is 0.0773. The first-order valence-electron chi connectivity index (χ1n) is 7.49. The molecule has 2 aromatic rings. The maximum absolute atomic E-state index is 5.68. The number of hydrogen-bond donors (Lipinski definition) is 1. The van der Waals surface area contributed by atoms with E-state index in [-0.39, 0.29) is 6.04 Å². The summed E-state index contributed by atoms with van der Waals surface area (Å²) >= 11 is 0. The van der Waals surface area contributed by atoms with Gasteiger partial charge in [-0.25, -0.2) is 0 Å². The molecular formula is C14H20N6O. The zero-order chi connectivity index (χ0) is 14.4. The van der Waals surface area contributed by atoms with E-state index in [0.717, 1.165) is 43.3 Å². The number of ether oxygens (including phenoxy) is 1. The fourth-order valence-corrected chi connectivity index (χ4v) is 3.34. The van der Waals surface area contributed by atoms with Crippen LogP contribution < -0.4 is 5.32 Å². The van der Waals surface area contributed by atoms with Gasteiger partial charge in [0.2, 0.25) is 0 Å². The molecule has 2 aromatic heterocycles. The number of hydrogen-bond acceptors (Lipinski definition) is 5.